The first kappa shape index (κ1) is 19.1. The highest BCUT2D eigenvalue weighted by atomic mass is 16.5. The Morgan fingerprint density at radius 1 is 1.03 bits per heavy atom. The Morgan fingerprint density at radius 3 is 2.55 bits per heavy atom. The summed E-state index contributed by atoms with van der Waals surface area (Å²) in [4.78, 5) is 26.0. The van der Waals surface area contributed by atoms with Crippen LogP contribution in [0.4, 0.5) is 5.82 Å². The third-order valence-corrected chi connectivity index (χ3v) is 5.30. The lowest BCUT2D eigenvalue weighted by molar-refractivity contribution is -0.132. The molecule has 0 bridgehead atoms. The zero-order valence-corrected chi connectivity index (χ0v) is 16.5. The number of ether oxygens (including phenoxy) is 1. The van der Waals surface area contributed by atoms with Crippen LogP contribution in [0.3, 0.4) is 0 Å². The second-order valence-electron chi connectivity index (χ2n) is 7.19. The van der Waals surface area contributed by atoms with Gasteiger partial charge in [0.25, 0.3) is 0 Å². The number of piperazine rings is 1. The Labute approximate surface area is 170 Å². The van der Waals surface area contributed by atoms with Crippen LogP contribution in [-0.4, -0.2) is 59.0 Å². The molecule has 1 aromatic heterocycles. The van der Waals surface area contributed by atoms with Gasteiger partial charge in [0.2, 0.25) is 5.91 Å². The quantitative estimate of drug-likeness (QED) is 0.717. The third-order valence-electron chi connectivity index (χ3n) is 5.30. The minimum atomic E-state index is 0.125. The van der Waals surface area contributed by atoms with Crippen LogP contribution in [0.25, 0.3) is 10.9 Å². The second-order valence-corrected chi connectivity index (χ2v) is 7.19. The van der Waals surface area contributed by atoms with Gasteiger partial charge in [0.05, 0.1) is 25.6 Å². The highest BCUT2D eigenvalue weighted by Crippen LogP contribution is 2.20. The van der Waals surface area contributed by atoms with E-state index in [4.69, 9.17) is 10.5 Å². The monoisotopic (exact) mass is 391 g/mol. The normalized spacial score (nSPS) is 14.9. The molecule has 29 heavy (non-hydrogen) atoms. The van der Waals surface area contributed by atoms with Crippen LogP contribution >= 0.6 is 0 Å². The first-order valence-corrected chi connectivity index (χ1v) is 9.77. The van der Waals surface area contributed by atoms with Crippen molar-refractivity contribution in [2.24, 2.45) is 0 Å². The second kappa shape index (κ2) is 8.45. The predicted molar refractivity (Wildman–Crippen MR) is 113 cm³/mol. The maximum absolute atomic E-state index is 12.7. The van der Waals surface area contributed by atoms with Crippen LogP contribution < -0.4 is 10.5 Å². The summed E-state index contributed by atoms with van der Waals surface area (Å²) in [6.45, 7) is 3.58. The molecule has 0 spiro atoms. The largest absolute Gasteiger partial charge is 0.496 e. The highest BCUT2D eigenvalue weighted by Gasteiger charge is 2.22. The number of carbonyl (C=O) groups excluding carboxylic acids is 1. The fourth-order valence-corrected chi connectivity index (χ4v) is 3.70. The fourth-order valence-electron chi connectivity index (χ4n) is 3.70. The highest BCUT2D eigenvalue weighted by molar-refractivity contribution is 5.87. The Balaban J connectivity index is 1.35. The van der Waals surface area contributed by atoms with Crippen molar-refractivity contribution in [1.29, 1.82) is 0 Å². The van der Waals surface area contributed by atoms with Crippen molar-refractivity contribution in [1.82, 2.24) is 19.8 Å². The molecule has 1 amide bonds. The number of amides is 1. The van der Waals surface area contributed by atoms with E-state index in [2.05, 4.69) is 14.9 Å². The van der Waals surface area contributed by atoms with Crippen molar-refractivity contribution in [3.05, 3.63) is 59.9 Å². The van der Waals surface area contributed by atoms with E-state index in [1.54, 1.807) is 7.11 Å². The Kier molecular flexibility index (Phi) is 5.57. The molecule has 1 aliphatic heterocycles. The SMILES string of the molecule is COc1ccccc1CC(=O)N1CCN(Cc2nc(N)c3ccccc3n2)CC1. The van der Waals surface area contributed by atoms with Crippen LogP contribution in [0.5, 0.6) is 5.75 Å². The first-order valence-electron chi connectivity index (χ1n) is 9.77. The number of para-hydroxylation sites is 2. The summed E-state index contributed by atoms with van der Waals surface area (Å²) >= 11 is 0. The summed E-state index contributed by atoms with van der Waals surface area (Å²) in [5, 5.41) is 0.878. The smallest absolute Gasteiger partial charge is 0.227 e. The minimum Gasteiger partial charge on any atom is -0.496 e. The van der Waals surface area contributed by atoms with Gasteiger partial charge in [0.15, 0.2) is 0 Å². The maximum atomic E-state index is 12.7. The Morgan fingerprint density at radius 2 is 1.76 bits per heavy atom. The summed E-state index contributed by atoms with van der Waals surface area (Å²) in [7, 11) is 1.63. The average molecular weight is 391 g/mol. The predicted octanol–water partition coefficient (Wildman–Crippen LogP) is 2.11. The van der Waals surface area contributed by atoms with E-state index in [1.807, 2.05) is 53.4 Å². The standard InChI is InChI=1S/C22H25N5O2/c1-29-19-9-5-2-6-16(19)14-21(28)27-12-10-26(11-13-27)15-20-24-18-8-4-3-7-17(18)22(23)25-20/h2-9H,10-15H2,1H3,(H2,23,24,25). The molecule has 0 atom stereocenters. The first-order chi connectivity index (χ1) is 14.1. The molecule has 0 aliphatic carbocycles. The van der Waals surface area contributed by atoms with Crippen LogP contribution in [-0.2, 0) is 17.8 Å². The van der Waals surface area contributed by atoms with Crippen LogP contribution in [0.2, 0.25) is 0 Å². The lowest BCUT2D eigenvalue weighted by atomic mass is 10.1. The molecule has 3 aromatic rings. The van der Waals surface area contributed by atoms with Gasteiger partial charge in [0.1, 0.15) is 17.4 Å². The van der Waals surface area contributed by atoms with Crippen molar-refractivity contribution >= 4 is 22.6 Å². The van der Waals surface area contributed by atoms with Crippen molar-refractivity contribution < 1.29 is 9.53 Å². The number of anilines is 1. The maximum Gasteiger partial charge on any atom is 0.227 e. The molecule has 0 saturated carbocycles. The van der Waals surface area contributed by atoms with Crippen LogP contribution in [0.15, 0.2) is 48.5 Å². The van der Waals surface area contributed by atoms with E-state index in [0.717, 1.165) is 41.1 Å². The van der Waals surface area contributed by atoms with E-state index >= 15 is 0 Å². The van der Waals surface area contributed by atoms with Crippen LogP contribution in [0, 0.1) is 0 Å². The van der Waals surface area contributed by atoms with Gasteiger partial charge < -0.3 is 15.4 Å². The van der Waals surface area contributed by atoms with Gasteiger partial charge in [0, 0.05) is 37.1 Å². The minimum absolute atomic E-state index is 0.125. The van der Waals surface area contributed by atoms with Gasteiger partial charge in [-0.15, -0.1) is 0 Å². The summed E-state index contributed by atoms with van der Waals surface area (Å²) in [6, 6.07) is 15.4. The molecular weight excluding hydrogens is 366 g/mol. The van der Waals surface area contributed by atoms with Crippen molar-refractivity contribution in [2.75, 3.05) is 39.0 Å². The molecule has 1 fully saturated rings. The number of rotatable bonds is 5. The molecule has 2 N–H and O–H groups in total. The van der Waals surface area contributed by atoms with Crippen molar-refractivity contribution in [3.63, 3.8) is 0 Å². The number of methoxy groups -OCH3 is 1. The average Bonchev–Trinajstić information content (AvgIpc) is 2.74. The van der Waals surface area contributed by atoms with Gasteiger partial charge in [-0.2, -0.15) is 0 Å². The molecule has 7 nitrogen and oxygen atoms in total. The van der Waals surface area contributed by atoms with Crippen LogP contribution in [0.1, 0.15) is 11.4 Å². The van der Waals surface area contributed by atoms with E-state index in [0.29, 0.717) is 31.9 Å². The molecule has 0 unspecified atom stereocenters. The van der Waals surface area contributed by atoms with Gasteiger partial charge >= 0.3 is 0 Å². The fraction of sp³-hybridized carbons (Fsp3) is 0.318. The molecule has 1 saturated heterocycles. The van der Waals surface area contributed by atoms with Crippen molar-refractivity contribution in [3.8, 4) is 5.75 Å². The number of nitrogens with zero attached hydrogens (tertiary/aromatic N) is 4. The Bertz CT molecular complexity index is 1020. The zero-order valence-electron chi connectivity index (χ0n) is 16.5. The van der Waals surface area contributed by atoms with Gasteiger partial charge in [-0.1, -0.05) is 30.3 Å². The van der Waals surface area contributed by atoms with E-state index in [1.165, 1.54) is 0 Å². The number of hydrogen-bond acceptors (Lipinski definition) is 6. The molecule has 2 aromatic carbocycles. The molecule has 7 heteroatoms. The van der Waals surface area contributed by atoms with E-state index in [-0.39, 0.29) is 5.91 Å². The van der Waals surface area contributed by atoms with Gasteiger partial charge in [-0.25, -0.2) is 9.97 Å². The lowest BCUT2D eigenvalue weighted by Crippen LogP contribution is -2.48. The zero-order chi connectivity index (χ0) is 20.2. The number of nitrogen functional groups attached to an aromatic ring is 1. The van der Waals surface area contributed by atoms with Gasteiger partial charge in [-0.05, 0) is 18.2 Å². The number of fused-ring (bicyclic) bond motifs is 1. The molecule has 150 valence electrons. The number of carbonyl (C=O) groups is 1. The van der Waals surface area contributed by atoms with E-state index < -0.39 is 0 Å². The topological polar surface area (TPSA) is 84.6 Å². The number of benzene rings is 2. The summed E-state index contributed by atoms with van der Waals surface area (Å²) in [6.07, 6.45) is 0.355. The number of aromatic nitrogens is 2. The number of nitrogens with two attached hydrogens (primary N) is 1. The Hall–Kier alpha value is -3.19. The van der Waals surface area contributed by atoms with Crippen molar-refractivity contribution in [2.45, 2.75) is 13.0 Å². The molecule has 4 rings (SSSR count). The summed E-state index contributed by atoms with van der Waals surface area (Å²) < 4.78 is 5.35. The van der Waals surface area contributed by atoms with E-state index in [9.17, 15) is 4.79 Å². The molecule has 0 radical (unpaired) electrons. The summed E-state index contributed by atoms with van der Waals surface area (Å²) in [5.41, 5.74) is 7.87. The lowest BCUT2D eigenvalue weighted by Gasteiger charge is -2.34. The van der Waals surface area contributed by atoms with Gasteiger partial charge in [-0.3, -0.25) is 9.69 Å². The number of hydrogen-bond donors (Lipinski definition) is 1. The third kappa shape index (κ3) is 4.30. The molecule has 2 heterocycles. The molecule has 1 aliphatic rings. The summed E-state index contributed by atoms with van der Waals surface area (Å²) in [5.74, 6) is 2.11. The molecular formula is C22H25N5O2.